The van der Waals surface area contributed by atoms with Crippen LogP contribution in [-0.4, -0.2) is 36.0 Å². The zero-order valence-electron chi connectivity index (χ0n) is 15.9. The molecule has 2 fully saturated rings. The maximum Gasteiger partial charge on any atom is 0.317 e. The van der Waals surface area contributed by atoms with Gasteiger partial charge in [-0.2, -0.15) is 0 Å². The summed E-state index contributed by atoms with van der Waals surface area (Å²) in [6, 6.07) is 15.1. The molecule has 1 saturated heterocycles. The molecule has 0 bridgehead atoms. The topological polar surface area (TPSA) is 61.4 Å². The first kappa shape index (κ1) is 17.3. The molecule has 2 aromatic carbocycles. The van der Waals surface area contributed by atoms with Gasteiger partial charge in [0, 0.05) is 30.7 Å². The van der Waals surface area contributed by atoms with E-state index in [9.17, 15) is 9.59 Å². The van der Waals surface area contributed by atoms with Gasteiger partial charge >= 0.3 is 6.03 Å². The lowest BCUT2D eigenvalue weighted by Crippen LogP contribution is -2.46. The number of carbonyl (C=O) groups excluding carboxylic acids is 2. The molecule has 5 nitrogen and oxygen atoms in total. The average molecular weight is 375 g/mol. The predicted octanol–water partition coefficient (Wildman–Crippen LogP) is 3.78. The zero-order valence-corrected chi connectivity index (χ0v) is 15.9. The van der Waals surface area contributed by atoms with E-state index >= 15 is 0 Å². The van der Waals surface area contributed by atoms with E-state index in [1.54, 1.807) is 0 Å². The summed E-state index contributed by atoms with van der Waals surface area (Å²) in [7, 11) is 0. The fourth-order valence-electron chi connectivity index (χ4n) is 4.31. The quantitative estimate of drug-likeness (QED) is 0.732. The van der Waals surface area contributed by atoms with Crippen molar-refractivity contribution in [3.8, 4) is 11.1 Å². The van der Waals surface area contributed by atoms with Crippen molar-refractivity contribution < 1.29 is 9.59 Å². The first-order valence-corrected chi connectivity index (χ1v) is 10.2. The van der Waals surface area contributed by atoms with Gasteiger partial charge in [-0.25, -0.2) is 4.79 Å². The first-order chi connectivity index (χ1) is 13.7. The van der Waals surface area contributed by atoms with Crippen LogP contribution in [-0.2, 0) is 11.2 Å². The highest BCUT2D eigenvalue weighted by molar-refractivity contribution is 5.93. The molecule has 3 amide bonds. The number of fused-ring (bicyclic) bond motifs is 3. The van der Waals surface area contributed by atoms with Crippen LogP contribution >= 0.6 is 0 Å². The molecule has 5 rings (SSSR count). The predicted molar refractivity (Wildman–Crippen MR) is 109 cm³/mol. The molecule has 28 heavy (non-hydrogen) atoms. The molecule has 0 aromatic heterocycles. The Morgan fingerprint density at radius 1 is 0.893 bits per heavy atom. The number of piperidine rings is 1. The first-order valence-electron chi connectivity index (χ1n) is 10.2. The molecule has 0 spiro atoms. The lowest BCUT2D eigenvalue weighted by Gasteiger charge is -2.31. The highest BCUT2D eigenvalue weighted by Gasteiger charge is 2.30. The standard InChI is InChI=1S/C23H25N3O2/c27-22(15-9-11-26(12-10-15)23(28)25-18-5-6-18)24-19-7-8-21-17(14-19)13-16-3-1-2-4-20(16)21/h1-4,7-8,14-15,18H,5-6,9-13H2,(H,24,27)(H,25,28). The summed E-state index contributed by atoms with van der Waals surface area (Å²) in [6.45, 7) is 1.30. The molecule has 2 N–H and O–H groups in total. The van der Waals surface area contributed by atoms with E-state index in [0.29, 0.717) is 19.1 Å². The molecule has 1 heterocycles. The minimum absolute atomic E-state index is 0.0274. The highest BCUT2D eigenvalue weighted by Crippen LogP contribution is 2.37. The fourth-order valence-corrected chi connectivity index (χ4v) is 4.31. The van der Waals surface area contributed by atoms with E-state index in [-0.39, 0.29) is 17.9 Å². The van der Waals surface area contributed by atoms with Crippen molar-refractivity contribution in [2.75, 3.05) is 18.4 Å². The van der Waals surface area contributed by atoms with Crippen LogP contribution in [0.15, 0.2) is 42.5 Å². The van der Waals surface area contributed by atoms with Gasteiger partial charge in [0.25, 0.3) is 0 Å². The molecule has 2 aliphatic carbocycles. The summed E-state index contributed by atoms with van der Waals surface area (Å²) in [5.74, 6) is 0.0353. The van der Waals surface area contributed by atoms with E-state index < -0.39 is 0 Å². The molecule has 0 atom stereocenters. The summed E-state index contributed by atoms with van der Waals surface area (Å²) < 4.78 is 0. The van der Waals surface area contributed by atoms with Gasteiger partial charge in [-0.1, -0.05) is 30.3 Å². The van der Waals surface area contributed by atoms with Crippen molar-refractivity contribution in [2.24, 2.45) is 5.92 Å². The van der Waals surface area contributed by atoms with Crippen molar-refractivity contribution in [2.45, 2.75) is 38.1 Å². The van der Waals surface area contributed by atoms with Crippen LogP contribution in [0.4, 0.5) is 10.5 Å². The van der Waals surface area contributed by atoms with Gasteiger partial charge in [-0.05, 0) is 66.5 Å². The molecule has 1 aliphatic heterocycles. The van der Waals surface area contributed by atoms with Crippen LogP contribution in [0.2, 0.25) is 0 Å². The van der Waals surface area contributed by atoms with Crippen LogP contribution in [0.3, 0.4) is 0 Å². The van der Waals surface area contributed by atoms with Crippen LogP contribution in [0.25, 0.3) is 11.1 Å². The zero-order chi connectivity index (χ0) is 19.1. The second-order valence-electron chi connectivity index (χ2n) is 8.18. The number of amides is 3. The molecule has 144 valence electrons. The molecular formula is C23H25N3O2. The molecular weight excluding hydrogens is 350 g/mol. The van der Waals surface area contributed by atoms with Crippen LogP contribution < -0.4 is 10.6 Å². The Bertz CT molecular complexity index is 927. The third-order valence-electron chi connectivity index (χ3n) is 6.12. The van der Waals surface area contributed by atoms with Gasteiger partial charge in [-0.15, -0.1) is 0 Å². The molecule has 0 unspecified atom stereocenters. The summed E-state index contributed by atoms with van der Waals surface area (Å²) in [6.07, 6.45) is 4.55. The van der Waals surface area contributed by atoms with E-state index in [1.807, 2.05) is 11.0 Å². The van der Waals surface area contributed by atoms with Crippen LogP contribution in [0.5, 0.6) is 0 Å². The second-order valence-corrected chi connectivity index (χ2v) is 8.18. The summed E-state index contributed by atoms with van der Waals surface area (Å²) in [4.78, 5) is 26.7. The van der Waals surface area contributed by atoms with Gasteiger partial charge in [0.1, 0.15) is 0 Å². The fraction of sp³-hybridized carbons (Fsp3) is 0.391. The highest BCUT2D eigenvalue weighted by atomic mass is 16.2. The second kappa shape index (κ2) is 6.97. The third kappa shape index (κ3) is 3.37. The number of hydrogen-bond donors (Lipinski definition) is 2. The van der Waals surface area contributed by atoms with Crippen LogP contribution in [0, 0.1) is 5.92 Å². The van der Waals surface area contributed by atoms with Gasteiger partial charge in [0.15, 0.2) is 0 Å². The molecule has 5 heteroatoms. The Morgan fingerprint density at radius 2 is 1.64 bits per heavy atom. The Labute approximate surface area is 165 Å². The summed E-state index contributed by atoms with van der Waals surface area (Å²) >= 11 is 0. The number of urea groups is 1. The van der Waals surface area contributed by atoms with Gasteiger partial charge in [0.05, 0.1) is 0 Å². The van der Waals surface area contributed by atoms with Crippen molar-refractivity contribution in [1.29, 1.82) is 0 Å². The number of likely N-dealkylation sites (tertiary alicyclic amines) is 1. The van der Waals surface area contributed by atoms with E-state index in [0.717, 1.165) is 37.8 Å². The maximum atomic E-state index is 12.7. The normalized spacial score (nSPS) is 18.4. The average Bonchev–Trinajstić information content (AvgIpc) is 3.45. The van der Waals surface area contributed by atoms with E-state index in [1.165, 1.54) is 22.3 Å². The lowest BCUT2D eigenvalue weighted by molar-refractivity contribution is -0.121. The molecule has 2 aromatic rings. The molecule has 3 aliphatic rings. The third-order valence-corrected chi connectivity index (χ3v) is 6.12. The number of rotatable bonds is 3. The Kier molecular flexibility index (Phi) is 4.30. The van der Waals surface area contributed by atoms with E-state index in [2.05, 4.69) is 47.0 Å². The monoisotopic (exact) mass is 375 g/mol. The Morgan fingerprint density at radius 3 is 2.43 bits per heavy atom. The molecule has 0 radical (unpaired) electrons. The van der Waals surface area contributed by atoms with Crippen molar-refractivity contribution in [3.05, 3.63) is 53.6 Å². The maximum absolute atomic E-state index is 12.7. The number of carbonyl (C=O) groups is 2. The minimum Gasteiger partial charge on any atom is -0.335 e. The number of nitrogens with zero attached hydrogens (tertiary/aromatic N) is 1. The van der Waals surface area contributed by atoms with Gasteiger partial charge in [-0.3, -0.25) is 4.79 Å². The smallest absolute Gasteiger partial charge is 0.317 e. The summed E-state index contributed by atoms with van der Waals surface area (Å²) in [5.41, 5.74) is 6.05. The van der Waals surface area contributed by atoms with Crippen molar-refractivity contribution >= 4 is 17.6 Å². The number of hydrogen-bond acceptors (Lipinski definition) is 2. The lowest BCUT2D eigenvalue weighted by atomic mass is 9.96. The van der Waals surface area contributed by atoms with E-state index in [4.69, 9.17) is 0 Å². The Hall–Kier alpha value is -2.82. The number of anilines is 1. The van der Waals surface area contributed by atoms with Gasteiger partial charge in [0.2, 0.25) is 5.91 Å². The van der Waals surface area contributed by atoms with Crippen molar-refractivity contribution in [1.82, 2.24) is 10.2 Å². The SMILES string of the molecule is O=C(Nc1ccc2c(c1)Cc1ccccc1-2)C1CCN(C(=O)NC2CC2)CC1. The van der Waals surface area contributed by atoms with Crippen LogP contribution in [0.1, 0.15) is 36.8 Å². The summed E-state index contributed by atoms with van der Waals surface area (Å²) in [5, 5.41) is 6.12. The number of benzene rings is 2. The van der Waals surface area contributed by atoms with Gasteiger partial charge < -0.3 is 15.5 Å². The Balaban J connectivity index is 1.19. The molecule has 1 saturated carbocycles. The number of nitrogens with one attached hydrogen (secondary N) is 2. The van der Waals surface area contributed by atoms with Crippen molar-refractivity contribution in [3.63, 3.8) is 0 Å². The minimum atomic E-state index is -0.0320. The largest absolute Gasteiger partial charge is 0.335 e.